The number of ketones is 2. The number of ether oxygens (including phenoxy) is 6. The van der Waals surface area contributed by atoms with E-state index in [0.29, 0.717) is 57.9 Å². The van der Waals surface area contributed by atoms with Crippen LogP contribution in [0.3, 0.4) is 0 Å². The smallest absolute Gasteiger partial charge is 0.330 e. The summed E-state index contributed by atoms with van der Waals surface area (Å²) in [5, 5.41) is 38.0. The van der Waals surface area contributed by atoms with Gasteiger partial charge < -0.3 is 48.8 Å². The second-order valence-corrected chi connectivity index (χ2v) is 39.5. The number of rotatable bonds is 60. The summed E-state index contributed by atoms with van der Waals surface area (Å²) in [6, 6.07) is 0. The Bertz CT molecular complexity index is 3890. The number of carbonyl (C=O) groups is 12. The molecule has 6 unspecified atom stereocenters. The number of aliphatic carboxylic acids is 4. The van der Waals surface area contributed by atoms with Crippen molar-refractivity contribution in [2.45, 2.75) is 132 Å². The maximum atomic E-state index is 11.3. The summed E-state index contributed by atoms with van der Waals surface area (Å²) in [6.07, 6.45) is 12.0. The number of hydrogen-bond acceptors (Lipinski definition) is 32. The molecule has 0 spiro atoms. The first kappa shape index (κ1) is 132. The lowest BCUT2D eigenvalue weighted by atomic mass is 9.98. The number of sulfone groups is 6. The van der Waals surface area contributed by atoms with Crippen molar-refractivity contribution in [1.82, 2.24) is 0 Å². The summed E-state index contributed by atoms with van der Waals surface area (Å²) < 4.78 is 183. The van der Waals surface area contributed by atoms with Gasteiger partial charge in [0.2, 0.25) is 0 Å². The van der Waals surface area contributed by atoms with Crippen molar-refractivity contribution in [1.29, 1.82) is 0 Å². The van der Waals surface area contributed by atoms with Crippen LogP contribution in [0.25, 0.3) is 0 Å². The summed E-state index contributed by atoms with van der Waals surface area (Å²) in [5.74, 6) is -8.24. The Morgan fingerprint density at radius 3 is 0.875 bits per heavy atom. The van der Waals surface area contributed by atoms with E-state index in [9.17, 15) is 116 Å². The zero-order chi connectivity index (χ0) is 95.9. The van der Waals surface area contributed by atoms with Gasteiger partial charge in [-0.2, -0.15) is 0 Å². The molecule has 6 atom stereocenters. The molecule has 0 aliphatic rings. The van der Waals surface area contributed by atoms with Gasteiger partial charge in [-0.25, -0.2) is 60.1 Å². The summed E-state index contributed by atoms with van der Waals surface area (Å²) >= 11 is 0. The molecule has 44 heteroatoms. The van der Waals surface area contributed by atoms with Gasteiger partial charge in [0, 0.05) is 118 Å². The highest BCUT2D eigenvalue weighted by Crippen LogP contribution is 2.16. The molecule has 0 aliphatic carbocycles. The fourth-order valence-corrected chi connectivity index (χ4v) is 15.3. The van der Waals surface area contributed by atoms with Crippen molar-refractivity contribution in [3.8, 4) is 0 Å². The van der Waals surface area contributed by atoms with Crippen molar-refractivity contribution in [3.05, 3.63) is 145 Å². The van der Waals surface area contributed by atoms with Gasteiger partial charge in [0.05, 0.1) is 62.7 Å². The first-order chi connectivity index (χ1) is 55.6. The highest BCUT2D eigenvalue weighted by molar-refractivity contribution is 7.96. The van der Waals surface area contributed by atoms with Crippen molar-refractivity contribution in [3.63, 3.8) is 0 Å². The molecule has 0 bridgehead atoms. The lowest BCUT2D eigenvalue weighted by Crippen LogP contribution is -2.26. The van der Waals surface area contributed by atoms with Crippen LogP contribution in [0, 0.1) is 35.5 Å². The quantitative estimate of drug-likeness (QED) is 0.0253. The first-order valence-corrected chi connectivity index (χ1v) is 48.5. The van der Waals surface area contributed by atoms with Crippen molar-refractivity contribution in [2.24, 2.45) is 35.5 Å². The van der Waals surface area contributed by atoms with Crippen LogP contribution in [0.2, 0.25) is 0 Å². The number of carbonyl (C=O) groups excluding carboxylic acids is 8. The third-order valence-electron chi connectivity index (χ3n) is 13.8. The van der Waals surface area contributed by atoms with E-state index in [1.807, 2.05) is 13.8 Å². The van der Waals surface area contributed by atoms with Crippen molar-refractivity contribution >= 4 is 155 Å². The van der Waals surface area contributed by atoms with Gasteiger partial charge in [0.1, 0.15) is 0 Å². The number of carboxylic acids is 4. The minimum Gasteiger partial charge on any atom is -0.480 e. The molecule has 0 heterocycles. The van der Waals surface area contributed by atoms with E-state index in [1.54, 1.807) is 13.8 Å². The van der Waals surface area contributed by atoms with Gasteiger partial charge in [-0.05, 0) is 81.3 Å². The van der Waals surface area contributed by atoms with E-state index >= 15 is 0 Å². The Morgan fingerprint density at radius 2 is 0.625 bits per heavy atom. The molecular weight excluding hydrogens is 1750 g/mol. The SMILES string of the molecule is C=C(C)C(=O)O.C=C(C)S(=O)(=O)CC(=O)O.C=C(CC)C(=O)O.C=C(CC)S(=O)(=O)CC(=O)O.C=CC(=O)CC(CCC)COC=O.C=CC(=O)CC(COC=O)CS(=O)C=C.C=CS(=O)(=O)CC(CCC)COC=O.C=CS(=O)(=O)CC(COC=O)CS(=O)(=O)C=C.C=CS(=O)CC(COC=O)CS(=O)(=O)C=C.CCCC(CCC)COC=O. The second-order valence-electron chi connectivity index (χ2n) is 24.3. The van der Waals surface area contributed by atoms with E-state index in [0.717, 1.165) is 47.3 Å². The average molecular weight is 1870 g/mol. The standard InChI is InChI=1S/C10H14O4S.C10H16O3.C9H14O6S2.C9H14O5S2.C9H16O4S.C9H18O2.C6H10O4S.C5H8O4S.C5H8O2.C4H6O2/c1-3-10(12)5-9(6-14-8-11)7-15(13)4-2;1-3-5-9(7-13-8-11)6-10(12)4-2;1-3-16(11,12)6-9(5-15-8-10)7-17(13,14)4-2;1-3-15(11)6-9(5-14-8-10)7-16(12,13)4-2;1-3-5-9(6-13-8-10)7-14(11,12)4-2;1-3-5-9(6-4-2)7-11-8-10;1-3-5(2)11(9,10)4-6(7)8;1-4(2)10(8,9)3-5(6)7;1-3-4(2)5(6)7;1-3(2)4(5)6/h3-4,8-9H,1-2,5-7H2;4,8-9H,2-3,5-7H2,1H3;3-4,8-9H,1-2,5-7H2;3-4,8-9H,1-2,5-7H2;4,8-9H,2-3,5-7H2,1H3;8-9H,3-7H2,1-2H3;2-4H2,1H3,(H,7,8);1,3H2,2H3,(H,6,7);2-3H2,1H3,(H,6,7);1H2,2H3,(H,5,6). The van der Waals surface area contributed by atoms with Crippen LogP contribution in [0.5, 0.6) is 0 Å². The van der Waals surface area contributed by atoms with Crippen LogP contribution < -0.4 is 0 Å². The zero-order valence-corrected chi connectivity index (χ0v) is 76.1. The number of allylic oxidation sites excluding steroid dienone is 4. The topological polar surface area (TPSA) is 580 Å². The van der Waals surface area contributed by atoms with Crippen LogP contribution in [-0.4, -0.2) is 239 Å². The average Bonchev–Trinajstić information content (AvgIpc) is 0.873. The van der Waals surface area contributed by atoms with Crippen LogP contribution >= 0.6 is 0 Å². The van der Waals surface area contributed by atoms with E-state index in [2.05, 4.69) is 116 Å². The van der Waals surface area contributed by atoms with Gasteiger partial charge >= 0.3 is 23.9 Å². The molecule has 0 aromatic carbocycles. The van der Waals surface area contributed by atoms with Crippen molar-refractivity contribution in [2.75, 3.05) is 85.7 Å². The molecule has 0 aromatic heterocycles. The molecule has 0 aromatic rings. The second kappa shape index (κ2) is 81.0. The molecule has 0 saturated carbocycles. The molecule has 36 nitrogen and oxygen atoms in total. The first-order valence-electron chi connectivity index (χ1n) is 35.6. The lowest BCUT2D eigenvalue weighted by molar-refractivity contribution is -0.135. The highest BCUT2D eigenvalue weighted by atomic mass is 32.2. The predicted octanol–water partition coefficient (Wildman–Crippen LogP) is 8.28. The Labute approximate surface area is 713 Å². The number of carboxylic acid groups (broad SMARTS) is 4. The van der Waals surface area contributed by atoms with E-state index < -0.39 is 139 Å². The van der Waals surface area contributed by atoms with Gasteiger partial charge in [0.25, 0.3) is 38.8 Å². The van der Waals surface area contributed by atoms with Gasteiger partial charge in [0.15, 0.2) is 82.1 Å². The minimum absolute atomic E-state index is 0.00181. The normalized spacial score (nSPS) is 11.9. The van der Waals surface area contributed by atoms with Crippen LogP contribution in [0.15, 0.2) is 145 Å². The van der Waals surface area contributed by atoms with Crippen LogP contribution in [0.4, 0.5) is 0 Å². The molecular formula is C76H124O36S8. The summed E-state index contributed by atoms with van der Waals surface area (Å²) in [4.78, 5) is 121. The Balaban J connectivity index is -0.000000142. The largest absolute Gasteiger partial charge is 0.480 e. The summed E-state index contributed by atoms with van der Waals surface area (Å²) in [6.45, 7) is 56.0. The monoisotopic (exact) mass is 1870 g/mol. The molecule has 692 valence electrons. The van der Waals surface area contributed by atoms with Crippen LogP contribution in [0.1, 0.15) is 132 Å². The Kier molecular flexibility index (Phi) is 88.8. The third-order valence-corrected chi connectivity index (χ3v) is 25.4. The molecule has 4 N–H and O–H groups in total. The molecule has 120 heavy (non-hydrogen) atoms. The Morgan fingerprint density at radius 1 is 0.367 bits per heavy atom. The Hall–Kier alpha value is -9.08. The molecule has 0 rings (SSSR count). The van der Waals surface area contributed by atoms with Crippen LogP contribution in [-0.2, 0) is 167 Å². The van der Waals surface area contributed by atoms with Crippen molar-refractivity contribution < 1.29 is 165 Å². The van der Waals surface area contributed by atoms with Gasteiger partial charge in [-0.1, -0.05) is 146 Å². The molecule has 0 aliphatic heterocycles. The molecule has 0 saturated heterocycles. The van der Waals surface area contributed by atoms with E-state index in [1.165, 1.54) is 62.5 Å². The van der Waals surface area contributed by atoms with E-state index in [4.69, 9.17) is 25.2 Å². The zero-order valence-electron chi connectivity index (χ0n) is 69.5. The fraction of sp³-hybridized carbons (Fsp3) is 0.526. The summed E-state index contributed by atoms with van der Waals surface area (Å²) in [5.41, 5.74) is 0.440. The summed E-state index contributed by atoms with van der Waals surface area (Å²) in [7, 11) is -23.4. The molecule has 0 radical (unpaired) electrons. The number of hydrogen-bond donors (Lipinski definition) is 4. The maximum absolute atomic E-state index is 11.3. The fourth-order valence-electron chi connectivity index (χ4n) is 7.75. The molecule has 0 amide bonds. The molecule has 0 fully saturated rings. The van der Waals surface area contributed by atoms with Gasteiger partial charge in [-0.15, -0.1) is 0 Å². The minimum atomic E-state index is -3.60. The highest BCUT2D eigenvalue weighted by Gasteiger charge is 2.25. The lowest BCUT2D eigenvalue weighted by Gasteiger charge is -2.13. The predicted molar refractivity (Wildman–Crippen MR) is 461 cm³/mol. The third kappa shape index (κ3) is 92.8. The van der Waals surface area contributed by atoms with E-state index in [-0.39, 0.29) is 126 Å². The van der Waals surface area contributed by atoms with Gasteiger partial charge in [-0.3, -0.25) is 56.4 Å². The maximum Gasteiger partial charge on any atom is 0.330 e.